The molecule has 0 atom stereocenters. The van der Waals surface area contributed by atoms with E-state index in [1.54, 1.807) is 32.6 Å². The third-order valence-corrected chi connectivity index (χ3v) is 8.04. The van der Waals surface area contributed by atoms with Gasteiger partial charge in [0.2, 0.25) is 11.4 Å². The van der Waals surface area contributed by atoms with Crippen molar-refractivity contribution in [2.24, 2.45) is 10.1 Å². The maximum absolute atomic E-state index is 15.2. The van der Waals surface area contributed by atoms with E-state index >= 15 is 4.39 Å². The van der Waals surface area contributed by atoms with Crippen LogP contribution in [-0.2, 0) is 10.0 Å². The number of benzene rings is 2. The first-order chi connectivity index (χ1) is 17.5. The van der Waals surface area contributed by atoms with Crippen LogP contribution in [0.15, 0.2) is 56.7 Å². The summed E-state index contributed by atoms with van der Waals surface area (Å²) >= 11 is 0. The maximum atomic E-state index is 15.2. The zero-order chi connectivity index (χ0) is 26.5. The van der Waals surface area contributed by atoms with Crippen molar-refractivity contribution in [2.75, 3.05) is 31.1 Å². The minimum atomic E-state index is -3.97. The van der Waals surface area contributed by atoms with Gasteiger partial charge in [-0.25, -0.2) is 9.18 Å². The number of aromatic nitrogens is 1. The fourth-order valence-corrected chi connectivity index (χ4v) is 5.48. The van der Waals surface area contributed by atoms with Crippen molar-refractivity contribution in [3.63, 3.8) is 0 Å². The molecule has 1 saturated carbocycles. The van der Waals surface area contributed by atoms with Crippen LogP contribution in [0.5, 0.6) is 0 Å². The molecule has 1 aliphatic carbocycles. The van der Waals surface area contributed by atoms with Crippen molar-refractivity contribution in [2.45, 2.75) is 30.7 Å². The predicted octanol–water partition coefficient (Wildman–Crippen LogP) is 2.31. The van der Waals surface area contributed by atoms with Crippen LogP contribution < -0.4 is 16.1 Å². The average Bonchev–Trinajstić information content (AvgIpc) is 3.69. The Hall–Kier alpha value is -3.93. The molecule has 1 saturated heterocycles. The summed E-state index contributed by atoms with van der Waals surface area (Å²) in [6.07, 6.45) is 3.05. The normalized spacial score (nSPS) is 16.9. The number of fused-ring (bicyclic) bond motifs is 1. The van der Waals surface area contributed by atoms with Gasteiger partial charge in [0.05, 0.1) is 16.1 Å². The maximum Gasteiger partial charge on any atom is 0.341 e. The Morgan fingerprint density at radius 3 is 2.35 bits per heavy atom. The van der Waals surface area contributed by atoms with Crippen LogP contribution in [0.1, 0.15) is 34.8 Å². The quantitative estimate of drug-likeness (QED) is 0.381. The van der Waals surface area contributed by atoms with Gasteiger partial charge in [-0.3, -0.25) is 4.79 Å². The predicted molar refractivity (Wildman–Crippen MR) is 137 cm³/mol. The second kappa shape index (κ2) is 9.18. The monoisotopic (exact) mass is 527 g/mol. The first-order valence-electron chi connectivity index (χ1n) is 11.8. The zero-order valence-corrected chi connectivity index (χ0v) is 20.9. The van der Waals surface area contributed by atoms with Crippen molar-refractivity contribution in [1.82, 2.24) is 9.47 Å². The largest absolute Gasteiger partial charge is 0.477 e. The number of nitrogens with two attached hydrogens (primary N) is 1. The smallest absolute Gasteiger partial charge is 0.341 e. The van der Waals surface area contributed by atoms with E-state index in [4.69, 9.17) is 5.73 Å². The molecule has 5 rings (SSSR count). The number of halogens is 1. The molecule has 0 spiro atoms. The number of guanidine groups is 1. The fraction of sp³-hybridized carbons (Fsp3) is 0.320. The van der Waals surface area contributed by atoms with Gasteiger partial charge in [-0.15, -0.1) is 4.40 Å². The average molecular weight is 528 g/mol. The van der Waals surface area contributed by atoms with Gasteiger partial charge in [0, 0.05) is 43.8 Å². The number of piperazine rings is 1. The second-order valence-corrected chi connectivity index (χ2v) is 11.0. The number of carboxylic acid groups (broad SMARTS) is 1. The lowest BCUT2D eigenvalue weighted by Gasteiger charge is -2.36. The standard InChI is InChI=1S/C25H26FN5O5S/c1-15-2-6-17(7-3-15)37(35,36)28-25(27)30-10-8-29(9-11-30)22-13-21-18(12-20(22)26)23(32)19(24(33)34)14-31(21)16-4-5-16/h2-3,6-7,12-14,16H,4-5,8-11H2,1H3,(H2,27,28)(H,33,34). The highest BCUT2D eigenvalue weighted by Gasteiger charge is 2.29. The topological polar surface area (TPSA) is 138 Å². The highest BCUT2D eigenvalue weighted by Crippen LogP contribution is 2.38. The van der Waals surface area contributed by atoms with Crippen LogP contribution in [0.3, 0.4) is 0 Å². The number of pyridine rings is 1. The number of rotatable bonds is 5. The van der Waals surface area contributed by atoms with Crippen molar-refractivity contribution in [1.29, 1.82) is 0 Å². The fourth-order valence-electron chi connectivity index (χ4n) is 4.53. The molecular formula is C25H26FN5O5S. The summed E-state index contributed by atoms with van der Waals surface area (Å²) in [5, 5.41) is 9.45. The molecule has 1 aromatic heterocycles. The molecule has 2 heterocycles. The molecule has 10 nitrogen and oxygen atoms in total. The molecule has 0 unspecified atom stereocenters. The van der Waals surface area contributed by atoms with Crippen LogP contribution in [0.2, 0.25) is 0 Å². The number of carbonyl (C=O) groups is 1. The number of aromatic carboxylic acids is 1. The van der Waals surface area contributed by atoms with Crippen LogP contribution >= 0.6 is 0 Å². The van der Waals surface area contributed by atoms with E-state index < -0.39 is 27.2 Å². The Bertz CT molecular complexity index is 1590. The van der Waals surface area contributed by atoms with Crippen LogP contribution in [-0.4, -0.2) is 61.1 Å². The lowest BCUT2D eigenvalue weighted by Crippen LogP contribution is -2.51. The molecule has 2 aromatic carbocycles. The van der Waals surface area contributed by atoms with Gasteiger partial charge in [0.25, 0.3) is 10.0 Å². The highest BCUT2D eigenvalue weighted by atomic mass is 32.2. The Labute approximate surface area is 212 Å². The lowest BCUT2D eigenvalue weighted by molar-refractivity contribution is 0.0694. The Morgan fingerprint density at radius 2 is 1.76 bits per heavy atom. The number of nitrogens with zero attached hydrogens (tertiary/aromatic N) is 4. The van der Waals surface area contributed by atoms with Crippen molar-refractivity contribution >= 4 is 38.5 Å². The molecule has 3 N–H and O–H groups in total. The SMILES string of the molecule is Cc1ccc(S(=O)(=O)/N=C(\N)N2CCN(c3cc4c(cc3F)c(=O)c(C(=O)O)cn4C3CC3)CC2)cc1. The van der Waals surface area contributed by atoms with Crippen LogP contribution in [0.4, 0.5) is 10.1 Å². The van der Waals surface area contributed by atoms with E-state index in [-0.39, 0.29) is 33.5 Å². The second-order valence-electron chi connectivity index (χ2n) is 9.35. The summed E-state index contributed by atoms with van der Waals surface area (Å²) in [5.74, 6) is -2.11. The van der Waals surface area contributed by atoms with Gasteiger partial charge < -0.3 is 25.2 Å². The number of carboxylic acids is 1. The van der Waals surface area contributed by atoms with E-state index in [2.05, 4.69) is 4.40 Å². The zero-order valence-electron chi connectivity index (χ0n) is 20.1. The summed E-state index contributed by atoms with van der Waals surface area (Å²) < 4.78 is 45.9. The summed E-state index contributed by atoms with van der Waals surface area (Å²) in [6.45, 7) is 3.14. The molecule has 0 amide bonds. The molecule has 0 bridgehead atoms. The van der Waals surface area contributed by atoms with Gasteiger partial charge in [-0.2, -0.15) is 8.42 Å². The first kappa shape index (κ1) is 24.8. The van der Waals surface area contributed by atoms with Crippen molar-refractivity contribution < 1.29 is 22.7 Å². The van der Waals surface area contributed by atoms with E-state index in [1.165, 1.54) is 18.3 Å². The molecule has 37 heavy (non-hydrogen) atoms. The molecule has 194 valence electrons. The van der Waals surface area contributed by atoms with E-state index in [1.807, 2.05) is 6.92 Å². The molecular weight excluding hydrogens is 501 g/mol. The number of anilines is 1. The molecule has 1 aliphatic heterocycles. The summed E-state index contributed by atoms with van der Waals surface area (Å²) in [4.78, 5) is 27.7. The molecule has 0 radical (unpaired) electrons. The van der Waals surface area contributed by atoms with E-state index in [9.17, 15) is 23.1 Å². The lowest BCUT2D eigenvalue weighted by atomic mass is 10.1. The molecule has 3 aromatic rings. The van der Waals surface area contributed by atoms with Gasteiger partial charge in [0.15, 0.2) is 0 Å². The highest BCUT2D eigenvalue weighted by molar-refractivity contribution is 7.90. The molecule has 2 aliphatic rings. The Morgan fingerprint density at radius 1 is 1.11 bits per heavy atom. The van der Waals surface area contributed by atoms with Crippen LogP contribution in [0.25, 0.3) is 10.9 Å². The van der Waals surface area contributed by atoms with E-state index in [0.717, 1.165) is 24.5 Å². The molecule has 2 fully saturated rings. The summed E-state index contributed by atoms with van der Waals surface area (Å²) in [5.41, 5.74) is 6.62. The number of sulfonamides is 1. The van der Waals surface area contributed by atoms with Crippen LogP contribution in [0, 0.1) is 12.7 Å². The third kappa shape index (κ3) is 4.76. The summed E-state index contributed by atoms with van der Waals surface area (Å²) in [7, 11) is -3.97. The summed E-state index contributed by atoms with van der Waals surface area (Å²) in [6, 6.07) is 9.08. The number of hydrogen-bond donors (Lipinski definition) is 2. The minimum Gasteiger partial charge on any atom is -0.477 e. The van der Waals surface area contributed by atoms with E-state index in [0.29, 0.717) is 31.7 Å². The van der Waals surface area contributed by atoms with Gasteiger partial charge in [-0.05, 0) is 44.0 Å². The number of aryl methyl sites for hydroxylation is 1. The Balaban J connectivity index is 1.39. The van der Waals surface area contributed by atoms with Gasteiger partial charge >= 0.3 is 5.97 Å². The third-order valence-electron chi connectivity index (χ3n) is 6.75. The number of hydrogen-bond acceptors (Lipinski definition) is 5. The first-order valence-corrected chi connectivity index (χ1v) is 13.3. The van der Waals surface area contributed by atoms with Crippen molar-refractivity contribution in [3.8, 4) is 0 Å². The van der Waals surface area contributed by atoms with Gasteiger partial charge in [0.1, 0.15) is 11.4 Å². The molecule has 12 heteroatoms. The minimum absolute atomic E-state index is 0.0318. The van der Waals surface area contributed by atoms with Crippen molar-refractivity contribution in [3.05, 3.63) is 69.8 Å². The van der Waals surface area contributed by atoms with Gasteiger partial charge in [-0.1, -0.05) is 17.7 Å². The Kier molecular flexibility index (Phi) is 6.14.